The monoisotopic (exact) mass is 177 g/mol. The quantitative estimate of drug-likeness (QED) is 0.660. The second kappa shape index (κ2) is 2.18. The first kappa shape index (κ1) is 7.63. The van der Waals surface area contributed by atoms with E-state index >= 15 is 0 Å². The van der Waals surface area contributed by atoms with Crippen molar-refractivity contribution in [3.05, 3.63) is 23.2 Å². The molecule has 1 atom stereocenters. The van der Waals surface area contributed by atoms with Crippen LogP contribution < -0.4 is 5.73 Å². The number of hydrogen-bond donors (Lipinski definition) is 1. The van der Waals surface area contributed by atoms with Crippen molar-refractivity contribution < 1.29 is 4.42 Å². The lowest BCUT2D eigenvalue weighted by atomic mass is 9.81. The van der Waals surface area contributed by atoms with Crippen molar-refractivity contribution in [1.82, 2.24) is 0 Å². The predicted octanol–water partition coefficient (Wildman–Crippen LogP) is 2.31. The molecule has 1 heterocycles. The molecule has 1 fully saturated rings. The third-order valence-corrected chi connectivity index (χ3v) is 3.70. The molecule has 0 saturated heterocycles. The molecule has 0 radical (unpaired) electrons. The molecule has 2 nitrogen and oxygen atoms in total. The standard InChI is InChI=1S/C11H15NO/c1-7-6-8-9(13-7)2-3-11(4-5-11)10(8)12/h6,10H,2-5,12H2,1H3. The highest BCUT2D eigenvalue weighted by Gasteiger charge is 2.51. The number of fused-ring (bicyclic) bond motifs is 1. The highest BCUT2D eigenvalue weighted by molar-refractivity contribution is 5.32. The molecular formula is C11H15NO. The zero-order chi connectivity index (χ0) is 9.05. The van der Waals surface area contributed by atoms with Gasteiger partial charge in [0.15, 0.2) is 0 Å². The average molecular weight is 177 g/mol. The van der Waals surface area contributed by atoms with E-state index in [1.54, 1.807) is 0 Å². The van der Waals surface area contributed by atoms with Gasteiger partial charge in [-0.05, 0) is 37.7 Å². The highest BCUT2D eigenvalue weighted by Crippen LogP contribution is 2.60. The van der Waals surface area contributed by atoms with E-state index in [0.29, 0.717) is 5.41 Å². The first-order valence-corrected chi connectivity index (χ1v) is 5.06. The summed E-state index contributed by atoms with van der Waals surface area (Å²) >= 11 is 0. The topological polar surface area (TPSA) is 39.2 Å². The van der Waals surface area contributed by atoms with Crippen LogP contribution in [0.2, 0.25) is 0 Å². The Morgan fingerprint density at radius 3 is 2.92 bits per heavy atom. The zero-order valence-corrected chi connectivity index (χ0v) is 7.97. The number of hydrogen-bond acceptors (Lipinski definition) is 2. The van der Waals surface area contributed by atoms with E-state index < -0.39 is 0 Å². The highest BCUT2D eigenvalue weighted by atomic mass is 16.3. The van der Waals surface area contributed by atoms with E-state index in [0.717, 1.165) is 17.9 Å². The Morgan fingerprint density at radius 2 is 2.23 bits per heavy atom. The molecule has 2 N–H and O–H groups in total. The lowest BCUT2D eigenvalue weighted by molar-refractivity contribution is 0.324. The molecule has 13 heavy (non-hydrogen) atoms. The summed E-state index contributed by atoms with van der Waals surface area (Å²) < 4.78 is 5.62. The molecule has 70 valence electrons. The molecule has 2 heteroatoms. The van der Waals surface area contributed by atoms with Gasteiger partial charge in [-0.3, -0.25) is 0 Å². The van der Waals surface area contributed by atoms with Crippen molar-refractivity contribution in [1.29, 1.82) is 0 Å². The first-order chi connectivity index (χ1) is 6.21. The summed E-state index contributed by atoms with van der Waals surface area (Å²) in [5, 5.41) is 0. The van der Waals surface area contributed by atoms with E-state index in [2.05, 4.69) is 6.07 Å². The molecule has 0 aromatic carbocycles. The van der Waals surface area contributed by atoms with Crippen LogP contribution in [0.4, 0.5) is 0 Å². The summed E-state index contributed by atoms with van der Waals surface area (Å²) in [5.41, 5.74) is 7.98. The van der Waals surface area contributed by atoms with Crippen LogP contribution in [-0.2, 0) is 6.42 Å². The second-order valence-corrected chi connectivity index (χ2v) is 4.58. The number of nitrogens with two attached hydrogens (primary N) is 1. The molecule has 0 aliphatic heterocycles. The first-order valence-electron chi connectivity index (χ1n) is 5.06. The maximum atomic E-state index is 6.24. The maximum Gasteiger partial charge on any atom is 0.108 e. The van der Waals surface area contributed by atoms with E-state index in [1.165, 1.54) is 24.8 Å². The fourth-order valence-electron chi connectivity index (χ4n) is 2.61. The number of aryl methyl sites for hydroxylation is 2. The molecule has 1 saturated carbocycles. The van der Waals surface area contributed by atoms with Gasteiger partial charge < -0.3 is 10.2 Å². The van der Waals surface area contributed by atoms with Crippen molar-refractivity contribution in [2.75, 3.05) is 0 Å². The van der Waals surface area contributed by atoms with Crippen LogP contribution in [0.1, 0.15) is 42.4 Å². The van der Waals surface area contributed by atoms with Crippen LogP contribution in [0.15, 0.2) is 10.5 Å². The summed E-state index contributed by atoms with van der Waals surface area (Å²) in [6.07, 6.45) is 4.96. The minimum Gasteiger partial charge on any atom is -0.466 e. The molecule has 1 spiro atoms. The van der Waals surface area contributed by atoms with Gasteiger partial charge in [0, 0.05) is 18.0 Å². The molecule has 1 aromatic heterocycles. The Morgan fingerprint density at radius 1 is 1.46 bits per heavy atom. The van der Waals surface area contributed by atoms with Crippen molar-refractivity contribution in [3.63, 3.8) is 0 Å². The Bertz CT molecular complexity index is 349. The summed E-state index contributed by atoms with van der Waals surface area (Å²) in [5.74, 6) is 2.15. The van der Waals surface area contributed by atoms with Gasteiger partial charge in [-0.2, -0.15) is 0 Å². The second-order valence-electron chi connectivity index (χ2n) is 4.58. The minimum absolute atomic E-state index is 0.244. The predicted molar refractivity (Wildman–Crippen MR) is 50.4 cm³/mol. The molecule has 2 aliphatic carbocycles. The average Bonchev–Trinajstić information content (AvgIpc) is 2.78. The van der Waals surface area contributed by atoms with E-state index in [9.17, 15) is 0 Å². The van der Waals surface area contributed by atoms with Gasteiger partial charge in [0.25, 0.3) is 0 Å². The van der Waals surface area contributed by atoms with E-state index in [1.807, 2.05) is 6.92 Å². The van der Waals surface area contributed by atoms with E-state index in [4.69, 9.17) is 10.2 Å². The number of rotatable bonds is 0. The Kier molecular flexibility index (Phi) is 1.28. The lowest BCUT2D eigenvalue weighted by Crippen LogP contribution is -2.27. The third kappa shape index (κ3) is 0.923. The van der Waals surface area contributed by atoms with Gasteiger partial charge in [0.05, 0.1) is 0 Å². The molecule has 2 aliphatic rings. The van der Waals surface area contributed by atoms with Gasteiger partial charge in [-0.25, -0.2) is 0 Å². The molecule has 1 unspecified atom stereocenters. The lowest BCUT2D eigenvalue weighted by Gasteiger charge is -2.27. The summed E-state index contributed by atoms with van der Waals surface area (Å²) in [7, 11) is 0. The SMILES string of the molecule is Cc1cc2c(o1)CCC1(CC1)C2N. The van der Waals surface area contributed by atoms with Crippen molar-refractivity contribution in [2.45, 2.75) is 38.6 Å². The molecular weight excluding hydrogens is 162 g/mol. The smallest absolute Gasteiger partial charge is 0.108 e. The Balaban J connectivity index is 2.07. The van der Waals surface area contributed by atoms with E-state index in [-0.39, 0.29) is 6.04 Å². The molecule has 1 aromatic rings. The zero-order valence-electron chi connectivity index (χ0n) is 7.97. The minimum atomic E-state index is 0.244. The normalized spacial score (nSPS) is 28.9. The van der Waals surface area contributed by atoms with Crippen LogP contribution >= 0.6 is 0 Å². The summed E-state index contributed by atoms with van der Waals surface area (Å²) in [6, 6.07) is 2.37. The Hall–Kier alpha value is -0.760. The van der Waals surface area contributed by atoms with Crippen molar-refractivity contribution in [3.8, 4) is 0 Å². The maximum absolute atomic E-state index is 6.24. The fraction of sp³-hybridized carbons (Fsp3) is 0.636. The Labute approximate surface area is 78.1 Å². The molecule has 0 amide bonds. The van der Waals surface area contributed by atoms with Crippen LogP contribution in [0.25, 0.3) is 0 Å². The van der Waals surface area contributed by atoms with Crippen LogP contribution in [0, 0.1) is 12.3 Å². The molecule has 3 rings (SSSR count). The summed E-state index contributed by atoms with van der Waals surface area (Å²) in [6.45, 7) is 2.00. The van der Waals surface area contributed by atoms with Crippen LogP contribution in [0.5, 0.6) is 0 Å². The van der Waals surface area contributed by atoms with Gasteiger partial charge in [-0.15, -0.1) is 0 Å². The largest absolute Gasteiger partial charge is 0.466 e. The van der Waals surface area contributed by atoms with Gasteiger partial charge in [-0.1, -0.05) is 0 Å². The summed E-state index contributed by atoms with van der Waals surface area (Å²) in [4.78, 5) is 0. The van der Waals surface area contributed by atoms with Gasteiger partial charge in [0.1, 0.15) is 11.5 Å². The van der Waals surface area contributed by atoms with Gasteiger partial charge in [0.2, 0.25) is 0 Å². The van der Waals surface area contributed by atoms with Crippen molar-refractivity contribution >= 4 is 0 Å². The van der Waals surface area contributed by atoms with Crippen molar-refractivity contribution in [2.24, 2.45) is 11.1 Å². The fourth-order valence-corrected chi connectivity index (χ4v) is 2.61. The number of furan rings is 1. The van der Waals surface area contributed by atoms with Crippen LogP contribution in [-0.4, -0.2) is 0 Å². The third-order valence-electron chi connectivity index (χ3n) is 3.70. The van der Waals surface area contributed by atoms with Gasteiger partial charge >= 0.3 is 0 Å². The molecule has 0 bridgehead atoms. The van der Waals surface area contributed by atoms with Crippen LogP contribution in [0.3, 0.4) is 0 Å².